The largest absolute Gasteiger partial charge is 0.481 e. The van der Waals surface area contributed by atoms with E-state index in [1.807, 2.05) is 6.92 Å². The van der Waals surface area contributed by atoms with Gasteiger partial charge in [0.05, 0.1) is 5.41 Å². The highest BCUT2D eigenvalue weighted by Gasteiger charge is 2.43. The minimum absolute atomic E-state index is 0.439. The molecular weight excluding hydrogens is 232 g/mol. The Morgan fingerprint density at radius 3 is 2.89 bits per heavy atom. The van der Waals surface area contributed by atoms with Crippen molar-refractivity contribution in [2.24, 2.45) is 11.3 Å². The van der Waals surface area contributed by atoms with Crippen LogP contribution in [-0.2, 0) is 11.2 Å². The van der Waals surface area contributed by atoms with Crippen molar-refractivity contribution >= 4 is 5.97 Å². The van der Waals surface area contributed by atoms with Gasteiger partial charge in [-0.15, -0.1) is 0 Å². The van der Waals surface area contributed by atoms with Crippen LogP contribution in [0.2, 0.25) is 0 Å². The zero-order chi connectivity index (χ0) is 13.2. The SMILES string of the molecule is CCC1CCCC(Cc2nonc2C)(C(=O)O)C1. The third kappa shape index (κ3) is 2.40. The summed E-state index contributed by atoms with van der Waals surface area (Å²) < 4.78 is 4.67. The average molecular weight is 252 g/mol. The van der Waals surface area contributed by atoms with Crippen LogP contribution in [0.15, 0.2) is 4.63 Å². The van der Waals surface area contributed by atoms with E-state index >= 15 is 0 Å². The zero-order valence-electron chi connectivity index (χ0n) is 11.0. The highest BCUT2D eigenvalue weighted by Crippen LogP contribution is 2.43. The fourth-order valence-corrected chi connectivity index (χ4v) is 3.00. The van der Waals surface area contributed by atoms with Crippen molar-refractivity contribution in [3.05, 3.63) is 11.4 Å². The van der Waals surface area contributed by atoms with Crippen LogP contribution in [0.4, 0.5) is 0 Å². The quantitative estimate of drug-likeness (QED) is 0.891. The molecule has 100 valence electrons. The van der Waals surface area contributed by atoms with Crippen LogP contribution in [0.3, 0.4) is 0 Å². The molecule has 1 heterocycles. The van der Waals surface area contributed by atoms with E-state index in [1.165, 1.54) is 0 Å². The minimum Gasteiger partial charge on any atom is -0.481 e. The Kier molecular flexibility index (Phi) is 3.68. The monoisotopic (exact) mass is 252 g/mol. The summed E-state index contributed by atoms with van der Waals surface area (Å²) in [6, 6.07) is 0. The second kappa shape index (κ2) is 5.08. The summed E-state index contributed by atoms with van der Waals surface area (Å²) in [5.41, 5.74) is 0.714. The third-order valence-corrected chi connectivity index (χ3v) is 4.23. The van der Waals surface area contributed by atoms with Crippen molar-refractivity contribution in [3.8, 4) is 0 Å². The Labute approximate surface area is 107 Å². The summed E-state index contributed by atoms with van der Waals surface area (Å²) in [4.78, 5) is 11.7. The lowest BCUT2D eigenvalue weighted by Crippen LogP contribution is -2.38. The molecule has 1 saturated carbocycles. The van der Waals surface area contributed by atoms with Gasteiger partial charge in [0.1, 0.15) is 11.4 Å². The van der Waals surface area contributed by atoms with Gasteiger partial charge >= 0.3 is 5.97 Å². The Morgan fingerprint density at radius 2 is 2.33 bits per heavy atom. The maximum atomic E-state index is 11.7. The molecule has 0 aromatic carbocycles. The van der Waals surface area contributed by atoms with Gasteiger partial charge in [-0.3, -0.25) is 4.79 Å². The lowest BCUT2D eigenvalue weighted by Gasteiger charge is -2.37. The molecule has 2 unspecified atom stereocenters. The van der Waals surface area contributed by atoms with E-state index in [1.54, 1.807) is 0 Å². The van der Waals surface area contributed by atoms with Gasteiger partial charge in [0, 0.05) is 6.42 Å². The predicted molar refractivity (Wildman–Crippen MR) is 65.1 cm³/mol. The van der Waals surface area contributed by atoms with Crippen LogP contribution < -0.4 is 0 Å². The van der Waals surface area contributed by atoms with Gasteiger partial charge in [-0.05, 0) is 25.7 Å². The fourth-order valence-electron chi connectivity index (χ4n) is 3.00. The number of aromatic nitrogens is 2. The van der Waals surface area contributed by atoms with E-state index in [0.717, 1.165) is 32.1 Å². The Morgan fingerprint density at radius 1 is 1.56 bits per heavy atom. The molecule has 0 aliphatic heterocycles. The van der Waals surface area contributed by atoms with Gasteiger partial charge in [0.2, 0.25) is 0 Å². The van der Waals surface area contributed by atoms with Crippen LogP contribution in [0, 0.1) is 18.3 Å². The van der Waals surface area contributed by atoms with Crippen LogP contribution >= 0.6 is 0 Å². The molecule has 0 spiro atoms. The lowest BCUT2D eigenvalue weighted by atomic mass is 9.66. The van der Waals surface area contributed by atoms with E-state index in [9.17, 15) is 9.90 Å². The second-order valence-corrected chi connectivity index (χ2v) is 5.43. The minimum atomic E-state index is -0.706. The Hall–Kier alpha value is -1.39. The van der Waals surface area contributed by atoms with Crippen molar-refractivity contribution in [1.29, 1.82) is 0 Å². The Bertz CT molecular complexity index is 430. The fraction of sp³-hybridized carbons (Fsp3) is 0.769. The van der Waals surface area contributed by atoms with Crippen LogP contribution in [0.25, 0.3) is 0 Å². The van der Waals surface area contributed by atoms with Gasteiger partial charge in [-0.25, -0.2) is 4.63 Å². The first-order chi connectivity index (χ1) is 8.57. The Balaban J connectivity index is 2.22. The molecule has 18 heavy (non-hydrogen) atoms. The number of nitrogens with zero attached hydrogens (tertiary/aromatic N) is 2. The van der Waals surface area contributed by atoms with Crippen LogP contribution in [0.5, 0.6) is 0 Å². The molecule has 1 aromatic heterocycles. The van der Waals surface area contributed by atoms with E-state index in [0.29, 0.717) is 23.7 Å². The van der Waals surface area contributed by atoms with E-state index in [2.05, 4.69) is 21.9 Å². The molecule has 1 aromatic rings. The predicted octanol–water partition coefficient (Wildman–Crippen LogP) is 2.59. The summed E-state index contributed by atoms with van der Waals surface area (Å²) in [5.74, 6) is -0.196. The molecule has 0 amide bonds. The average Bonchev–Trinajstić information content (AvgIpc) is 2.75. The van der Waals surface area contributed by atoms with E-state index in [4.69, 9.17) is 0 Å². The summed E-state index contributed by atoms with van der Waals surface area (Å²) in [7, 11) is 0. The highest BCUT2D eigenvalue weighted by molar-refractivity contribution is 5.75. The molecule has 5 nitrogen and oxygen atoms in total. The number of carbonyl (C=O) groups is 1. The first-order valence-corrected chi connectivity index (χ1v) is 6.59. The molecule has 2 rings (SSSR count). The maximum absolute atomic E-state index is 11.7. The molecule has 0 radical (unpaired) electrons. The zero-order valence-corrected chi connectivity index (χ0v) is 11.0. The lowest BCUT2D eigenvalue weighted by molar-refractivity contribution is -0.152. The topological polar surface area (TPSA) is 76.2 Å². The first-order valence-electron chi connectivity index (χ1n) is 6.59. The number of carboxylic acid groups (broad SMARTS) is 1. The molecule has 1 aliphatic carbocycles. The number of rotatable bonds is 4. The molecule has 0 saturated heterocycles. The van der Waals surface area contributed by atoms with E-state index < -0.39 is 11.4 Å². The number of carboxylic acids is 1. The number of aryl methyl sites for hydroxylation is 1. The molecule has 1 N–H and O–H groups in total. The van der Waals surface area contributed by atoms with Gasteiger partial charge in [-0.1, -0.05) is 36.5 Å². The van der Waals surface area contributed by atoms with Crippen molar-refractivity contribution in [2.75, 3.05) is 0 Å². The number of hydrogen-bond acceptors (Lipinski definition) is 4. The van der Waals surface area contributed by atoms with Gasteiger partial charge < -0.3 is 5.11 Å². The number of aliphatic carboxylic acids is 1. The summed E-state index contributed by atoms with van der Waals surface area (Å²) in [6.07, 6.45) is 5.08. The number of hydrogen-bond donors (Lipinski definition) is 1. The highest BCUT2D eigenvalue weighted by atomic mass is 16.6. The molecule has 1 fully saturated rings. The smallest absolute Gasteiger partial charge is 0.310 e. The molecule has 1 aliphatic rings. The first kappa shape index (κ1) is 13.1. The van der Waals surface area contributed by atoms with Crippen LogP contribution in [0.1, 0.15) is 50.4 Å². The van der Waals surface area contributed by atoms with Crippen molar-refractivity contribution in [1.82, 2.24) is 10.3 Å². The molecular formula is C13H20N2O3. The van der Waals surface area contributed by atoms with Gasteiger partial charge in [0.15, 0.2) is 0 Å². The maximum Gasteiger partial charge on any atom is 0.310 e. The summed E-state index contributed by atoms with van der Waals surface area (Å²) in [6.45, 7) is 3.94. The van der Waals surface area contributed by atoms with Gasteiger partial charge in [0.25, 0.3) is 0 Å². The molecule has 5 heteroatoms. The standard InChI is InChI=1S/C13H20N2O3/c1-3-10-5-4-6-13(7-10,12(16)17)8-11-9(2)14-18-15-11/h10H,3-8H2,1-2H3,(H,16,17). The molecule has 0 bridgehead atoms. The van der Waals surface area contributed by atoms with Crippen molar-refractivity contribution < 1.29 is 14.5 Å². The van der Waals surface area contributed by atoms with Crippen molar-refractivity contribution in [3.63, 3.8) is 0 Å². The summed E-state index contributed by atoms with van der Waals surface area (Å²) >= 11 is 0. The normalized spacial score (nSPS) is 28.2. The van der Waals surface area contributed by atoms with Crippen LogP contribution in [-0.4, -0.2) is 21.4 Å². The second-order valence-electron chi connectivity index (χ2n) is 5.43. The van der Waals surface area contributed by atoms with Gasteiger partial charge in [-0.2, -0.15) is 0 Å². The molecule has 2 atom stereocenters. The van der Waals surface area contributed by atoms with Crippen molar-refractivity contribution in [2.45, 2.75) is 52.4 Å². The third-order valence-electron chi connectivity index (χ3n) is 4.23. The van der Waals surface area contributed by atoms with E-state index in [-0.39, 0.29) is 0 Å². The summed E-state index contributed by atoms with van der Waals surface area (Å²) in [5, 5.41) is 17.2.